The number of nitrogens with two attached hydrogens (primary N) is 1. The van der Waals surface area contributed by atoms with Gasteiger partial charge in [-0.15, -0.1) is 0 Å². The molecule has 5 heteroatoms. The Bertz CT molecular complexity index is 593. The van der Waals surface area contributed by atoms with Gasteiger partial charge in [-0.25, -0.2) is 15.0 Å². The lowest BCUT2D eigenvalue weighted by Gasteiger charge is -2.20. The number of imidazole rings is 1. The van der Waals surface area contributed by atoms with E-state index in [0.29, 0.717) is 11.9 Å². The Morgan fingerprint density at radius 1 is 0.840 bits per heavy atom. The molecule has 0 saturated heterocycles. The van der Waals surface area contributed by atoms with Crippen LogP contribution in [0.3, 0.4) is 0 Å². The summed E-state index contributed by atoms with van der Waals surface area (Å²) >= 11 is 0. The molecule has 0 aromatic carbocycles. The molecule has 2 heterocycles. The molecule has 2 aromatic heterocycles. The number of aromatic nitrogens is 4. The molecule has 0 amide bonds. The second kappa shape index (κ2) is 11.1. The first-order valence-electron chi connectivity index (χ1n) is 10.2. The fourth-order valence-corrected chi connectivity index (χ4v) is 3.57. The largest absolute Gasteiger partial charge is 0.382 e. The lowest BCUT2D eigenvalue weighted by Crippen LogP contribution is -2.10. The van der Waals surface area contributed by atoms with Crippen LogP contribution in [-0.4, -0.2) is 19.5 Å². The first-order valence-corrected chi connectivity index (χ1v) is 10.2. The summed E-state index contributed by atoms with van der Waals surface area (Å²) in [5.41, 5.74) is 7.74. The van der Waals surface area contributed by atoms with Gasteiger partial charge in [0.25, 0.3) is 0 Å². The first kappa shape index (κ1) is 19.7. The molecule has 0 bridgehead atoms. The molecule has 0 spiro atoms. The average molecular weight is 346 g/mol. The number of nitrogen functional groups attached to an aromatic ring is 1. The Hall–Kier alpha value is -1.65. The summed E-state index contributed by atoms with van der Waals surface area (Å²) in [4.78, 5) is 12.9. The Morgan fingerprint density at radius 2 is 1.44 bits per heavy atom. The molecule has 2 aromatic rings. The van der Waals surface area contributed by atoms with E-state index >= 15 is 0 Å². The predicted octanol–water partition coefficient (Wildman–Crippen LogP) is 5.67. The maximum Gasteiger partial charge on any atom is 0.182 e. The van der Waals surface area contributed by atoms with E-state index in [1.807, 2.05) is 6.33 Å². The van der Waals surface area contributed by atoms with Gasteiger partial charge in [0.15, 0.2) is 11.5 Å². The van der Waals surface area contributed by atoms with E-state index in [1.54, 1.807) is 0 Å². The lowest BCUT2D eigenvalue weighted by molar-refractivity contribution is 0.402. The van der Waals surface area contributed by atoms with Crippen molar-refractivity contribution in [1.29, 1.82) is 0 Å². The smallest absolute Gasteiger partial charge is 0.182 e. The molecule has 2 N–H and O–H groups in total. The minimum absolute atomic E-state index is 0.460. The predicted molar refractivity (Wildman–Crippen MR) is 106 cm³/mol. The fraction of sp³-hybridized carbons (Fsp3) is 0.750. The third-order valence-corrected chi connectivity index (χ3v) is 5.07. The van der Waals surface area contributed by atoms with Crippen LogP contribution in [0.4, 0.5) is 5.82 Å². The van der Waals surface area contributed by atoms with Gasteiger partial charge >= 0.3 is 0 Å². The van der Waals surface area contributed by atoms with Gasteiger partial charge in [0, 0.05) is 6.04 Å². The summed E-state index contributed by atoms with van der Waals surface area (Å²) in [6.07, 6.45) is 18.9. The summed E-state index contributed by atoms with van der Waals surface area (Å²) in [5, 5.41) is 0. The fourth-order valence-electron chi connectivity index (χ4n) is 3.57. The number of hydrogen-bond donors (Lipinski definition) is 1. The number of rotatable bonds is 13. The van der Waals surface area contributed by atoms with Crippen LogP contribution in [0, 0.1) is 0 Å². The zero-order valence-corrected chi connectivity index (χ0v) is 16.1. The Morgan fingerprint density at radius 3 is 2.04 bits per heavy atom. The van der Waals surface area contributed by atoms with E-state index in [0.717, 1.165) is 11.2 Å². The molecule has 140 valence electrons. The molecule has 0 aliphatic heterocycles. The maximum atomic E-state index is 6.12. The van der Waals surface area contributed by atoms with Gasteiger partial charge in [-0.2, -0.15) is 0 Å². The summed E-state index contributed by atoms with van der Waals surface area (Å²) in [7, 11) is 0. The zero-order valence-electron chi connectivity index (χ0n) is 16.1. The van der Waals surface area contributed by atoms with Crippen molar-refractivity contribution in [3.05, 3.63) is 12.7 Å². The van der Waals surface area contributed by atoms with E-state index in [9.17, 15) is 0 Å². The third kappa shape index (κ3) is 5.98. The van der Waals surface area contributed by atoms with Crippen LogP contribution in [0.25, 0.3) is 11.2 Å². The van der Waals surface area contributed by atoms with Crippen molar-refractivity contribution in [3.8, 4) is 0 Å². The van der Waals surface area contributed by atoms with E-state index in [4.69, 9.17) is 5.73 Å². The first-order chi connectivity index (χ1) is 12.3. The molecule has 25 heavy (non-hydrogen) atoms. The second-order valence-corrected chi connectivity index (χ2v) is 7.14. The van der Waals surface area contributed by atoms with Crippen LogP contribution in [0.1, 0.15) is 96.9 Å². The molecular weight excluding hydrogens is 310 g/mol. The highest BCUT2D eigenvalue weighted by atomic mass is 15.1. The maximum absolute atomic E-state index is 6.12. The van der Waals surface area contributed by atoms with Crippen LogP contribution in [0.2, 0.25) is 0 Å². The van der Waals surface area contributed by atoms with Crippen LogP contribution >= 0.6 is 0 Å². The highest BCUT2D eigenvalue weighted by molar-refractivity contribution is 5.81. The Kier molecular flexibility index (Phi) is 8.70. The summed E-state index contributed by atoms with van der Waals surface area (Å²) < 4.78 is 2.24. The summed E-state index contributed by atoms with van der Waals surface area (Å²) in [6, 6.07) is 0.460. The van der Waals surface area contributed by atoms with Crippen molar-refractivity contribution >= 4 is 17.0 Å². The van der Waals surface area contributed by atoms with E-state index in [-0.39, 0.29) is 0 Å². The lowest BCUT2D eigenvalue weighted by atomic mass is 10.00. The monoisotopic (exact) mass is 345 g/mol. The standard InChI is InChI=1S/C20H35N5/c1-3-5-7-9-11-13-17(14-12-10-8-6-4-2)25-16-24-20-18(25)19(21)22-15-23-20/h15-17H,3-14H2,1-2H3,(H2,21,22,23). The van der Waals surface area contributed by atoms with Gasteiger partial charge in [-0.1, -0.05) is 78.1 Å². The Balaban J connectivity index is 2.01. The molecule has 0 aliphatic rings. The van der Waals surface area contributed by atoms with Crippen molar-refractivity contribution in [2.75, 3.05) is 5.73 Å². The van der Waals surface area contributed by atoms with Crippen molar-refractivity contribution in [2.24, 2.45) is 0 Å². The number of unbranched alkanes of at least 4 members (excludes halogenated alkanes) is 8. The van der Waals surface area contributed by atoms with Crippen LogP contribution in [0.5, 0.6) is 0 Å². The van der Waals surface area contributed by atoms with Gasteiger partial charge in [0.1, 0.15) is 11.8 Å². The number of hydrogen-bond acceptors (Lipinski definition) is 4. The second-order valence-electron chi connectivity index (χ2n) is 7.14. The van der Waals surface area contributed by atoms with Gasteiger partial charge in [0.2, 0.25) is 0 Å². The molecule has 0 fully saturated rings. The normalized spacial score (nSPS) is 11.6. The van der Waals surface area contributed by atoms with Crippen molar-refractivity contribution < 1.29 is 0 Å². The number of fused-ring (bicyclic) bond motifs is 1. The highest BCUT2D eigenvalue weighted by Crippen LogP contribution is 2.28. The molecular formula is C20H35N5. The Labute approximate surface area is 152 Å². The quantitative estimate of drug-likeness (QED) is 0.475. The molecule has 2 rings (SSSR count). The van der Waals surface area contributed by atoms with Gasteiger partial charge in [-0.3, -0.25) is 0 Å². The van der Waals surface area contributed by atoms with Crippen molar-refractivity contribution in [2.45, 2.75) is 96.9 Å². The minimum atomic E-state index is 0.460. The third-order valence-electron chi connectivity index (χ3n) is 5.07. The molecule has 0 aliphatic carbocycles. The average Bonchev–Trinajstić information content (AvgIpc) is 3.05. The minimum Gasteiger partial charge on any atom is -0.382 e. The van der Waals surface area contributed by atoms with E-state index in [2.05, 4.69) is 33.4 Å². The van der Waals surface area contributed by atoms with Crippen molar-refractivity contribution in [1.82, 2.24) is 19.5 Å². The summed E-state index contributed by atoms with van der Waals surface area (Å²) in [5.74, 6) is 0.546. The molecule has 0 unspecified atom stereocenters. The van der Waals surface area contributed by atoms with Gasteiger partial charge in [-0.05, 0) is 12.8 Å². The topological polar surface area (TPSA) is 69.6 Å². The molecule has 5 nitrogen and oxygen atoms in total. The highest BCUT2D eigenvalue weighted by Gasteiger charge is 2.16. The number of nitrogens with zero attached hydrogens (tertiary/aromatic N) is 4. The van der Waals surface area contributed by atoms with E-state index < -0.39 is 0 Å². The SMILES string of the molecule is CCCCCCCC(CCCCCCC)n1cnc2ncnc(N)c21. The van der Waals surface area contributed by atoms with Gasteiger partial charge in [0.05, 0.1) is 6.33 Å². The summed E-state index contributed by atoms with van der Waals surface area (Å²) in [6.45, 7) is 4.53. The molecule has 0 saturated carbocycles. The number of anilines is 1. The van der Waals surface area contributed by atoms with Crippen LogP contribution in [-0.2, 0) is 0 Å². The van der Waals surface area contributed by atoms with Crippen LogP contribution < -0.4 is 5.73 Å². The van der Waals surface area contributed by atoms with Gasteiger partial charge < -0.3 is 10.3 Å². The zero-order chi connectivity index (χ0) is 17.9. The van der Waals surface area contributed by atoms with Crippen molar-refractivity contribution in [3.63, 3.8) is 0 Å². The molecule has 0 radical (unpaired) electrons. The van der Waals surface area contributed by atoms with Crippen LogP contribution in [0.15, 0.2) is 12.7 Å². The van der Waals surface area contributed by atoms with E-state index in [1.165, 1.54) is 83.4 Å². The molecule has 0 atom stereocenters.